The average molecular weight is 456 g/mol. The van der Waals surface area contributed by atoms with Crippen LogP contribution in [-0.2, 0) is 12.5 Å². The number of benzene rings is 3. The summed E-state index contributed by atoms with van der Waals surface area (Å²) >= 11 is 0. The average Bonchev–Trinajstić information content (AvgIpc) is 2.69. The molecule has 3 aromatic carbocycles. The van der Waals surface area contributed by atoms with Gasteiger partial charge in [0.05, 0.1) is 0 Å². The van der Waals surface area contributed by atoms with Crippen LogP contribution in [0.15, 0.2) is 48.5 Å². The molecule has 8 heteroatoms. The maximum atomic E-state index is 14.6. The van der Waals surface area contributed by atoms with Gasteiger partial charge in [-0.15, -0.1) is 0 Å². The van der Waals surface area contributed by atoms with Gasteiger partial charge in [0.1, 0.15) is 28.8 Å². The standard InChI is InChI=1S/C24H19F7O/c1-2-3-4-5-14-10-19(25)22(20(26)11-14)24(30,31)32-17-8-9-18-15(12-17)6-7-16(23(18)29)13-21(27)28/h6-13H,2-5H2,1H3. The van der Waals surface area contributed by atoms with Gasteiger partial charge in [0.25, 0.3) is 6.08 Å². The Morgan fingerprint density at radius 1 is 0.938 bits per heavy atom. The molecule has 0 atom stereocenters. The number of ether oxygens (including phenoxy) is 1. The second-order valence-electron chi connectivity index (χ2n) is 7.30. The van der Waals surface area contributed by atoms with Crippen molar-refractivity contribution in [2.24, 2.45) is 0 Å². The van der Waals surface area contributed by atoms with Crippen LogP contribution in [0, 0.1) is 17.5 Å². The molecule has 0 bridgehead atoms. The number of fused-ring (bicyclic) bond motifs is 1. The highest BCUT2D eigenvalue weighted by atomic mass is 19.3. The predicted molar refractivity (Wildman–Crippen MR) is 108 cm³/mol. The van der Waals surface area contributed by atoms with Crippen molar-refractivity contribution in [3.05, 3.63) is 82.7 Å². The molecule has 1 nitrogen and oxygen atoms in total. The molecule has 0 aliphatic heterocycles. The highest BCUT2D eigenvalue weighted by Gasteiger charge is 2.41. The molecule has 0 amide bonds. The zero-order valence-electron chi connectivity index (χ0n) is 17.0. The van der Waals surface area contributed by atoms with Gasteiger partial charge in [0.2, 0.25) is 0 Å². The summed E-state index contributed by atoms with van der Waals surface area (Å²) in [7, 11) is 0. The Labute approximate surface area is 180 Å². The Kier molecular flexibility index (Phi) is 7.11. The topological polar surface area (TPSA) is 9.23 Å². The third-order valence-electron chi connectivity index (χ3n) is 4.93. The van der Waals surface area contributed by atoms with Crippen molar-refractivity contribution in [1.29, 1.82) is 0 Å². The van der Waals surface area contributed by atoms with Gasteiger partial charge >= 0.3 is 6.11 Å². The summed E-state index contributed by atoms with van der Waals surface area (Å²) in [6.45, 7) is 1.96. The van der Waals surface area contributed by atoms with E-state index in [-0.39, 0.29) is 21.9 Å². The molecule has 0 saturated heterocycles. The van der Waals surface area contributed by atoms with Crippen LogP contribution < -0.4 is 4.74 Å². The van der Waals surface area contributed by atoms with Gasteiger partial charge in [-0.05, 0) is 54.1 Å². The van der Waals surface area contributed by atoms with Crippen LogP contribution in [0.25, 0.3) is 16.8 Å². The van der Waals surface area contributed by atoms with E-state index in [0.29, 0.717) is 18.9 Å². The molecule has 170 valence electrons. The number of unbranched alkanes of at least 4 members (excludes halogenated alkanes) is 2. The molecule has 0 unspecified atom stereocenters. The minimum atomic E-state index is -4.34. The van der Waals surface area contributed by atoms with Crippen LogP contribution in [0.4, 0.5) is 30.7 Å². The summed E-state index contributed by atoms with van der Waals surface area (Å²) in [4.78, 5) is 0. The van der Waals surface area contributed by atoms with Crippen LogP contribution in [0.5, 0.6) is 5.75 Å². The van der Waals surface area contributed by atoms with Gasteiger partial charge in [-0.1, -0.05) is 31.9 Å². The molecule has 0 aliphatic carbocycles. The Morgan fingerprint density at radius 3 is 2.25 bits per heavy atom. The summed E-state index contributed by atoms with van der Waals surface area (Å²) in [5.41, 5.74) is -1.63. The minimum Gasteiger partial charge on any atom is -0.429 e. The van der Waals surface area contributed by atoms with Crippen molar-refractivity contribution in [2.75, 3.05) is 0 Å². The molecule has 0 aromatic heterocycles. The van der Waals surface area contributed by atoms with Crippen molar-refractivity contribution >= 4 is 16.8 Å². The number of rotatable bonds is 8. The van der Waals surface area contributed by atoms with Crippen LogP contribution >= 0.6 is 0 Å². The first-order valence-corrected chi connectivity index (χ1v) is 9.92. The summed E-state index contributed by atoms with van der Waals surface area (Å²) < 4.78 is 102. The summed E-state index contributed by atoms with van der Waals surface area (Å²) in [6, 6.07) is 7.07. The van der Waals surface area contributed by atoms with Crippen molar-refractivity contribution in [2.45, 2.75) is 38.7 Å². The Morgan fingerprint density at radius 2 is 1.62 bits per heavy atom. The third kappa shape index (κ3) is 5.23. The lowest BCUT2D eigenvalue weighted by molar-refractivity contribution is -0.189. The second-order valence-corrected chi connectivity index (χ2v) is 7.30. The van der Waals surface area contributed by atoms with Crippen LogP contribution in [0.1, 0.15) is 42.9 Å². The number of halogens is 7. The van der Waals surface area contributed by atoms with E-state index in [1.54, 1.807) is 0 Å². The van der Waals surface area contributed by atoms with Gasteiger partial charge in [0.15, 0.2) is 0 Å². The zero-order valence-corrected chi connectivity index (χ0v) is 17.0. The summed E-state index contributed by atoms with van der Waals surface area (Å²) in [5.74, 6) is -4.31. The monoisotopic (exact) mass is 456 g/mol. The van der Waals surface area contributed by atoms with Gasteiger partial charge in [0, 0.05) is 17.0 Å². The molecule has 0 spiro atoms. The molecule has 3 rings (SSSR count). The van der Waals surface area contributed by atoms with Crippen molar-refractivity contribution in [3.63, 3.8) is 0 Å². The van der Waals surface area contributed by atoms with E-state index >= 15 is 0 Å². The molecule has 32 heavy (non-hydrogen) atoms. The fourth-order valence-electron chi connectivity index (χ4n) is 3.41. The lowest BCUT2D eigenvalue weighted by atomic mass is 10.0. The SMILES string of the molecule is CCCCCc1cc(F)c(C(F)(F)Oc2ccc3c(F)c(C=C(F)F)ccc3c2)c(F)c1. The predicted octanol–water partition coefficient (Wildman–Crippen LogP) is 8.36. The normalized spacial score (nSPS) is 11.6. The Balaban J connectivity index is 1.89. The van der Waals surface area contributed by atoms with E-state index in [2.05, 4.69) is 4.74 Å². The maximum Gasteiger partial charge on any atom is 0.432 e. The third-order valence-corrected chi connectivity index (χ3v) is 4.93. The molecule has 0 radical (unpaired) electrons. The van der Waals surface area contributed by atoms with Crippen molar-refractivity contribution in [3.8, 4) is 5.75 Å². The van der Waals surface area contributed by atoms with Crippen molar-refractivity contribution in [1.82, 2.24) is 0 Å². The lowest BCUT2D eigenvalue weighted by Gasteiger charge is -2.20. The first-order valence-electron chi connectivity index (χ1n) is 9.92. The van der Waals surface area contributed by atoms with E-state index in [1.807, 2.05) is 6.92 Å². The Hall–Kier alpha value is -3.03. The molecule has 0 saturated carbocycles. The van der Waals surface area contributed by atoms with Gasteiger partial charge < -0.3 is 4.74 Å². The molecule has 0 heterocycles. The summed E-state index contributed by atoms with van der Waals surface area (Å²) in [5, 5.41) is -0.0242. The zero-order chi connectivity index (χ0) is 23.5. The van der Waals surface area contributed by atoms with Gasteiger partial charge in [-0.2, -0.15) is 17.6 Å². The highest BCUT2D eigenvalue weighted by molar-refractivity contribution is 5.86. The van der Waals surface area contributed by atoms with Crippen molar-refractivity contribution < 1.29 is 35.5 Å². The molecular formula is C24H19F7O. The first-order chi connectivity index (χ1) is 15.1. The molecule has 0 N–H and O–H groups in total. The van der Waals surface area contributed by atoms with Gasteiger partial charge in [-0.25, -0.2) is 13.2 Å². The van der Waals surface area contributed by atoms with E-state index < -0.39 is 41.0 Å². The van der Waals surface area contributed by atoms with Gasteiger partial charge in [-0.3, -0.25) is 0 Å². The van der Waals surface area contributed by atoms with Crippen LogP contribution in [-0.4, -0.2) is 0 Å². The highest BCUT2D eigenvalue weighted by Crippen LogP contribution is 2.37. The minimum absolute atomic E-state index is 0.0828. The molecule has 0 aliphatic rings. The van der Waals surface area contributed by atoms with E-state index in [4.69, 9.17) is 0 Å². The molecule has 0 fully saturated rings. The summed E-state index contributed by atoms with van der Waals surface area (Å²) in [6.07, 6.45) is -3.34. The number of hydrogen-bond donors (Lipinski definition) is 0. The quantitative estimate of drug-likeness (QED) is 0.244. The van der Waals surface area contributed by atoms with E-state index in [9.17, 15) is 30.7 Å². The van der Waals surface area contributed by atoms with Crippen LogP contribution in [0.3, 0.4) is 0 Å². The fraction of sp³-hybridized carbons (Fsp3) is 0.250. The lowest BCUT2D eigenvalue weighted by Crippen LogP contribution is -2.25. The molecule has 3 aromatic rings. The number of alkyl halides is 2. The number of hydrogen-bond acceptors (Lipinski definition) is 1. The largest absolute Gasteiger partial charge is 0.432 e. The molecular weight excluding hydrogens is 437 g/mol. The van der Waals surface area contributed by atoms with Crippen LogP contribution in [0.2, 0.25) is 0 Å². The first kappa shape index (κ1) is 23.6. The smallest absolute Gasteiger partial charge is 0.429 e. The maximum absolute atomic E-state index is 14.6. The fourth-order valence-corrected chi connectivity index (χ4v) is 3.41. The number of aryl methyl sites for hydroxylation is 1. The van der Waals surface area contributed by atoms with E-state index in [0.717, 1.165) is 49.2 Å². The second kappa shape index (κ2) is 9.63. The van der Waals surface area contributed by atoms with E-state index in [1.165, 1.54) is 6.07 Å². The Bertz CT molecular complexity index is 1130.